The van der Waals surface area contributed by atoms with Crippen molar-refractivity contribution < 1.29 is 4.74 Å². The van der Waals surface area contributed by atoms with Gasteiger partial charge in [-0.15, -0.1) is 0 Å². The van der Waals surface area contributed by atoms with Crippen LogP contribution in [0.3, 0.4) is 0 Å². The molecule has 0 aliphatic carbocycles. The average molecular weight is 338 g/mol. The topological polar surface area (TPSA) is 12.5 Å². The van der Waals surface area contributed by atoms with E-state index in [0.29, 0.717) is 15.8 Å². The van der Waals surface area contributed by atoms with E-state index in [0.717, 1.165) is 24.4 Å². The van der Waals surface area contributed by atoms with E-state index >= 15 is 0 Å². The molecule has 2 aromatic rings. The maximum atomic E-state index is 6.21. The first kappa shape index (κ1) is 17.1. The van der Waals surface area contributed by atoms with Crippen LogP contribution in [0.2, 0.25) is 10.0 Å². The van der Waals surface area contributed by atoms with Crippen LogP contribution in [0.25, 0.3) is 0 Å². The second-order valence-electron chi connectivity index (χ2n) is 5.11. The Hall–Kier alpha value is -1.22. The van der Waals surface area contributed by atoms with E-state index in [-0.39, 0.29) is 6.04 Å². The Kier molecular flexibility index (Phi) is 6.13. The fourth-order valence-corrected chi connectivity index (χ4v) is 3.01. The molecule has 0 aromatic heterocycles. The number of nitrogens with zero attached hydrogens (tertiary/aromatic N) is 1. The molecule has 0 N–H and O–H groups in total. The predicted octanol–water partition coefficient (Wildman–Crippen LogP) is 6.19. The SMILES string of the molecule is CCN(CC)C(C)c1ccccc1Oc1ccc(Cl)cc1Cl. The molecule has 1 unspecified atom stereocenters. The van der Waals surface area contributed by atoms with Crippen LogP contribution in [0.1, 0.15) is 32.4 Å². The number of rotatable bonds is 6. The van der Waals surface area contributed by atoms with Crippen LogP contribution in [-0.4, -0.2) is 18.0 Å². The van der Waals surface area contributed by atoms with Crippen molar-refractivity contribution in [3.8, 4) is 11.5 Å². The molecule has 2 rings (SSSR count). The van der Waals surface area contributed by atoms with Crippen LogP contribution in [-0.2, 0) is 0 Å². The van der Waals surface area contributed by atoms with Gasteiger partial charge in [0.15, 0.2) is 0 Å². The van der Waals surface area contributed by atoms with Crippen LogP contribution >= 0.6 is 23.2 Å². The van der Waals surface area contributed by atoms with Crippen LogP contribution in [0.5, 0.6) is 11.5 Å². The lowest BCUT2D eigenvalue weighted by atomic mass is 10.1. The first-order chi connectivity index (χ1) is 10.6. The molecule has 1 atom stereocenters. The van der Waals surface area contributed by atoms with Crippen molar-refractivity contribution in [3.63, 3.8) is 0 Å². The number of ether oxygens (including phenoxy) is 1. The number of halogens is 2. The second-order valence-corrected chi connectivity index (χ2v) is 5.96. The van der Waals surface area contributed by atoms with Gasteiger partial charge in [-0.05, 0) is 44.3 Å². The predicted molar refractivity (Wildman–Crippen MR) is 94.3 cm³/mol. The summed E-state index contributed by atoms with van der Waals surface area (Å²) >= 11 is 12.1. The minimum atomic E-state index is 0.275. The minimum absolute atomic E-state index is 0.275. The highest BCUT2D eigenvalue weighted by Crippen LogP contribution is 2.36. The monoisotopic (exact) mass is 337 g/mol. The first-order valence-corrected chi connectivity index (χ1v) is 8.28. The Labute approximate surface area is 142 Å². The Morgan fingerprint density at radius 3 is 2.32 bits per heavy atom. The molecule has 0 aliphatic heterocycles. The number of hydrogen-bond acceptors (Lipinski definition) is 2. The molecule has 22 heavy (non-hydrogen) atoms. The van der Waals surface area contributed by atoms with E-state index in [1.54, 1.807) is 18.2 Å². The maximum Gasteiger partial charge on any atom is 0.146 e. The summed E-state index contributed by atoms with van der Waals surface area (Å²) in [4.78, 5) is 2.38. The third kappa shape index (κ3) is 3.95. The highest BCUT2D eigenvalue weighted by Gasteiger charge is 2.17. The van der Waals surface area contributed by atoms with E-state index in [9.17, 15) is 0 Å². The van der Waals surface area contributed by atoms with E-state index in [1.807, 2.05) is 18.2 Å². The molecule has 0 bridgehead atoms. The molecular formula is C18H21Cl2NO. The lowest BCUT2D eigenvalue weighted by Crippen LogP contribution is -2.26. The van der Waals surface area contributed by atoms with Crippen LogP contribution < -0.4 is 4.74 Å². The highest BCUT2D eigenvalue weighted by atomic mass is 35.5. The molecule has 0 saturated heterocycles. The zero-order valence-corrected chi connectivity index (χ0v) is 14.7. The minimum Gasteiger partial charge on any atom is -0.455 e. The number of para-hydroxylation sites is 1. The Morgan fingerprint density at radius 2 is 1.68 bits per heavy atom. The van der Waals surface area contributed by atoms with Crippen molar-refractivity contribution in [2.45, 2.75) is 26.8 Å². The maximum absolute atomic E-state index is 6.21. The molecule has 2 nitrogen and oxygen atoms in total. The van der Waals surface area contributed by atoms with E-state index in [4.69, 9.17) is 27.9 Å². The van der Waals surface area contributed by atoms with Crippen molar-refractivity contribution >= 4 is 23.2 Å². The summed E-state index contributed by atoms with van der Waals surface area (Å²) in [6.45, 7) is 8.51. The Balaban J connectivity index is 2.32. The summed E-state index contributed by atoms with van der Waals surface area (Å²) in [5, 5.41) is 1.11. The molecule has 0 amide bonds. The highest BCUT2D eigenvalue weighted by molar-refractivity contribution is 6.35. The lowest BCUT2D eigenvalue weighted by Gasteiger charge is -2.28. The Bertz CT molecular complexity index is 626. The summed E-state index contributed by atoms with van der Waals surface area (Å²) in [6.07, 6.45) is 0. The lowest BCUT2D eigenvalue weighted by molar-refractivity contribution is 0.231. The molecule has 0 spiro atoms. The van der Waals surface area contributed by atoms with Crippen molar-refractivity contribution in [2.24, 2.45) is 0 Å². The number of hydrogen-bond donors (Lipinski definition) is 0. The van der Waals surface area contributed by atoms with Gasteiger partial charge in [0, 0.05) is 16.6 Å². The molecule has 4 heteroatoms. The molecule has 0 radical (unpaired) electrons. The standard InChI is InChI=1S/C18H21Cl2NO/c1-4-21(5-2)13(3)15-8-6-7-9-17(15)22-18-11-10-14(19)12-16(18)20/h6-13H,4-5H2,1-3H3. The normalized spacial score (nSPS) is 12.5. The molecular weight excluding hydrogens is 317 g/mol. The molecule has 0 aliphatic rings. The fourth-order valence-electron chi connectivity index (χ4n) is 2.56. The van der Waals surface area contributed by atoms with E-state index in [2.05, 4.69) is 31.7 Å². The van der Waals surface area contributed by atoms with Gasteiger partial charge in [0.25, 0.3) is 0 Å². The zero-order valence-electron chi connectivity index (χ0n) is 13.1. The van der Waals surface area contributed by atoms with Gasteiger partial charge in [0.05, 0.1) is 5.02 Å². The van der Waals surface area contributed by atoms with Crippen molar-refractivity contribution in [1.82, 2.24) is 4.90 Å². The van der Waals surface area contributed by atoms with Gasteiger partial charge in [-0.1, -0.05) is 55.2 Å². The average Bonchev–Trinajstić information content (AvgIpc) is 2.51. The summed E-state index contributed by atoms with van der Waals surface area (Å²) in [5.41, 5.74) is 1.15. The van der Waals surface area contributed by atoms with E-state index < -0.39 is 0 Å². The fraction of sp³-hybridized carbons (Fsp3) is 0.333. The van der Waals surface area contributed by atoms with Gasteiger partial charge < -0.3 is 4.74 Å². The Morgan fingerprint density at radius 1 is 1.00 bits per heavy atom. The molecule has 2 aromatic carbocycles. The van der Waals surface area contributed by atoms with Gasteiger partial charge in [0.1, 0.15) is 11.5 Å². The van der Waals surface area contributed by atoms with Gasteiger partial charge in [-0.25, -0.2) is 0 Å². The third-order valence-electron chi connectivity index (χ3n) is 3.84. The summed E-state index contributed by atoms with van der Waals surface area (Å²) in [6, 6.07) is 13.6. The number of benzene rings is 2. The summed E-state index contributed by atoms with van der Waals surface area (Å²) in [5.74, 6) is 1.44. The summed E-state index contributed by atoms with van der Waals surface area (Å²) < 4.78 is 6.04. The summed E-state index contributed by atoms with van der Waals surface area (Å²) in [7, 11) is 0. The van der Waals surface area contributed by atoms with Crippen molar-refractivity contribution in [1.29, 1.82) is 0 Å². The van der Waals surface area contributed by atoms with Crippen molar-refractivity contribution in [3.05, 3.63) is 58.1 Å². The van der Waals surface area contributed by atoms with Gasteiger partial charge in [-0.3, -0.25) is 4.90 Å². The second kappa shape index (κ2) is 7.87. The molecule has 118 valence electrons. The third-order valence-corrected chi connectivity index (χ3v) is 4.37. The van der Waals surface area contributed by atoms with Gasteiger partial charge in [0.2, 0.25) is 0 Å². The van der Waals surface area contributed by atoms with Crippen LogP contribution in [0.4, 0.5) is 0 Å². The van der Waals surface area contributed by atoms with Crippen molar-refractivity contribution in [2.75, 3.05) is 13.1 Å². The smallest absolute Gasteiger partial charge is 0.146 e. The van der Waals surface area contributed by atoms with Gasteiger partial charge in [-0.2, -0.15) is 0 Å². The molecule has 0 fully saturated rings. The van der Waals surface area contributed by atoms with Gasteiger partial charge >= 0.3 is 0 Å². The molecule has 0 saturated carbocycles. The van der Waals surface area contributed by atoms with Crippen LogP contribution in [0.15, 0.2) is 42.5 Å². The molecule has 0 heterocycles. The largest absolute Gasteiger partial charge is 0.455 e. The zero-order chi connectivity index (χ0) is 16.1. The van der Waals surface area contributed by atoms with E-state index in [1.165, 1.54) is 0 Å². The first-order valence-electron chi connectivity index (χ1n) is 7.52. The van der Waals surface area contributed by atoms with Crippen LogP contribution in [0, 0.1) is 0 Å². The quantitative estimate of drug-likeness (QED) is 0.623.